The van der Waals surface area contributed by atoms with Crippen LogP contribution in [0.4, 0.5) is 11.6 Å². The zero-order valence-electron chi connectivity index (χ0n) is 14.7. The van der Waals surface area contributed by atoms with E-state index in [-0.39, 0.29) is 0 Å². The fourth-order valence-electron chi connectivity index (χ4n) is 3.78. The number of anilines is 2. The second-order valence-electron chi connectivity index (χ2n) is 7.03. The number of nitrogens with one attached hydrogen (secondary N) is 2. The molecule has 5 heteroatoms. The third kappa shape index (κ3) is 4.10. The van der Waals surface area contributed by atoms with Crippen LogP contribution >= 0.6 is 0 Å². The molecule has 2 N–H and O–H groups in total. The topological polar surface area (TPSA) is 53.1 Å². The van der Waals surface area contributed by atoms with Gasteiger partial charge >= 0.3 is 0 Å². The lowest BCUT2D eigenvalue weighted by atomic mass is 9.96. The fourth-order valence-corrected chi connectivity index (χ4v) is 3.78. The molecular weight excluding hydrogens is 310 g/mol. The smallest absolute Gasteiger partial charge is 0.223 e. The number of piperazine rings is 1. The Labute approximate surface area is 149 Å². The van der Waals surface area contributed by atoms with Crippen molar-refractivity contribution >= 4 is 11.6 Å². The molecule has 25 heavy (non-hydrogen) atoms. The van der Waals surface area contributed by atoms with Crippen LogP contribution in [0.2, 0.25) is 0 Å². The molecule has 1 aliphatic carbocycles. The van der Waals surface area contributed by atoms with Crippen LogP contribution in [0, 0.1) is 0 Å². The summed E-state index contributed by atoms with van der Waals surface area (Å²) in [6.07, 6.45) is 8.30. The van der Waals surface area contributed by atoms with E-state index in [1.54, 1.807) is 0 Å². The van der Waals surface area contributed by atoms with Crippen LogP contribution in [-0.2, 0) is 0 Å². The maximum atomic E-state index is 4.73. The summed E-state index contributed by atoms with van der Waals surface area (Å²) in [6, 6.07) is 11.3. The van der Waals surface area contributed by atoms with Crippen LogP contribution < -0.4 is 15.5 Å². The third-order valence-corrected chi connectivity index (χ3v) is 5.24. The molecule has 0 atom stereocenters. The van der Waals surface area contributed by atoms with Crippen LogP contribution in [0.1, 0.15) is 32.1 Å². The first kappa shape index (κ1) is 16.3. The Morgan fingerprint density at radius 1 is 0.960 bits per heavy atom. The lowest BCUT2D eigenvalue weighted by molar-refractivity contribution is 0.461. The van der Waals surface area contributed by atoms with E-state index >= 15 is 0 Å². The Morgan fingerprint density at radius 3 is 2.48 bits per heavy atom. The first-order valence-corrected chi connectivity index (χ1v) is 9.54. The Kier molecular flexibility index (Phi) is 5.11. The van der Waals surface area contributed by atoms with E-state index in [1.807, 2.05) is 12.3 Å². The number of hydrogen-bond donors (Lipinski definition) is 2. The largest absolute Gasteiger partial charge is 0.369 e. The summed E-state index contributed by atoms with van der Waals surface area (Å²) in [5.74, 6) is 0.760. The molecule has 132 valence electrons. The standard InChI is InChI=1S/C20H27N5/c1-2-4-17(5-3-1)23-20-22-11-10-19(24-20)16-6-8-18(9-7-16)25-14-12-21-13-15-25/h6-11,17,21H,1-5,12-15H2,(H,22,23,24). The molecule has 2 fully saturated rings. The van der Waals surface area contributed by atoms with Gasteiger partial charge < -0.3 is 15.5 Å². The molecule has 5 nitrogen and oxygen atoms in total. The van der Waals surface area contributed by atoms with E-state index in [1.165, 1.54) is 37.8 Å². The van der Waals surface area contributed by atoms with Gasteiger partial charge in [-0.25, -0.2) is 9.97 Å². The SMILES string of the molecule is c1cc(-c2ccc(N3CCNCC3)cc2)nc(NC2CCCCC2)n1. The minimum Gasteiger partial charge on any atom is -0.369 e. The Bertz CT molecular complexity index is 673. The maximum absolute atomic E-state index is 4.73. The van der Waals surface area contributed by atoms with Gasteiger partial charge in [-0.1, -0.05) is 31.4 Å². The highest BCUT2D eigenvalue weighted by molar-refractivity contribution is 5.64. The molecule has 1 aromatic heterocycles. The molecule has 1 aromatic carbocycles. The first-order chi connectivity index (χ1) is 12.4. The molecule has 1 saturated carbocycles. The lowest BCUT2D eigenvalue weighted by Gasteiger charge is -2.29. The Balaban J connectivity index is 1.46. The quantitative estimate of drug-likeness (QED) is 0.896. The molecule has 0 amide bonds. The van der Waals surface area contributed by atoms with Crippen molar-refractivity contribution in [2.75, 3.05) is 36.4 Å². The molecule has 1 saturated heterocycles. The summed E-state index contributed by atoms with van der Waals surface area (Å²) in [6.45, 7) is 4.26. The van der Waals surface area contributed by atoms with Crippen molar-refractivity contribution in [3.63, 3.8) is 0 Å². The molecular formula is C20H27N5. The highest BCUT2D eigenvalue weighted by atomic mass is 15.2. The highest BCUT2D eigenvalue weighted by Crippen LogP contribution is 2.24. The zero-order valence-corrected chi connectivity index (χ0v) is 14.7. The van der Waals surface area contributed by atoms with Crippen molar-refractivity contribution in [1.29, 1.82) is 0 Å². The van der Waals surface area contributed by atoms with Crippen LogP contribution in [0.25, 0.3) is 11.3 Å². The molecule has 2 heterocycles. The van der Waals surface area contributed by atoms with Crippen molar-refractivity contribution < 1.29 is 0 Å². The third-order valence-electron chi connectivity index (χ3n) is 5.24. The van der Waals surface area contributed by atoms with Crippen molar-refractivity contribution in [1.82, 2.24) is 15.3 Å². The molecule has 2 aromatic rings. The van der Waals surface area contributed by atoms with E-state index in [2.05, 4.69) is 44.8 Å². The first-order valence-electron chi connectivity index (χ1n) is 9.54. The lowest BCUT2D eigenvalue weighted by Crippen LogP contribution is -2.43. The summed E-state index contributed by atoms with van der Waals surface area (Å²) in [5.41, 5.74) is 3.42. The van der Waals surface area contributed by atoms with Gasteiger partial charge in [0.15, 0.2) is 0 Å². The minimum absolute atomic E-state index is 0.527. The van der Waals surface area contributed by atoms with Gasteiger partial charge in [0, 0.05) is 49.7 Å². The molecule has 4 rings (SSSR count). The van der Waals surface area contributed by atoms with E-state index in [9.17, 15) is 0 Å². The van der Waals surface area contributed by atoms with Crippen molar-refractivity contribution in [3.05, 3.63) is 36.5 Å². The Morgan fingerprint density at radius 2 is 1.72 bits per heavy atom. The average molecular weight is 337 g/mol. The monoisotopic (exact) mass is 337 g/mol. The van der Waals surface area contributed by atoms with Gasteiger partial charge in [0.1, 0.15) is 0 Å². The summed E-state index contributed by atoms with van der Waals surface area (Å²) in [5, 5.41) is 6.91. The highest BCUT2D eigenvalue weighted by Gasteiger charge is 2.14. The van der Waals surface area contributed by atoms with Crippen LogP contribution in [0.5, 0.6) is 0 Å². The summed E-state index contributed by atoms with van der Waals surface area (Å²) >= 11 is 0. The van der Waals surface area contributed by atoms with E-state index in [4.69, 9.17) is 4.98 Å². The summed E-state index contributed by atoms with van der Waals surface area (Å²) in [4.78, 5) is 11.6. The summed E-state index contributed by atoms with van der Waals surface area (Å²) in [7, 11) is 0. The average Bonchev–Trinajstić information content (AvgIpc) is 2.70. The number of aromatic nitrogens is 2. The zero-order chi connectivity index (χ0) is 16.9. The maximum Gasteiger partial charge on any atom is 0.223 e. The van der Waals surface area contributed by atoms with E-state index in [0.29, 0.717) is 6.04 Å². The number of nitrogens with zero attached hydrogens (tertiary/aromatic N) is 3. The minimum atomic E-state index is 0.527. The van der Waals surface area contributed by atoms with E-state index < -0.39 is 0 Å². The second kappa shape index (κ2) is 7.83. The molecule has 1 aliphatic heterocycles. The van der Waals surface area contributed by atoms with Gasteiger partial charge in [-0.3, -0.25) is 0 Å². The van der Waals surface area contributed by atoms with Gasteiger partial charge in [0.05, 0.1) is 5.69 Å². The Hall–Kier alpha value is -2.14. The molecule has 0 unspecified atom stereocenters. The van der Waals surface area contributed by atoms with Gasteiger partial charge in [0.2, 0.25) is 5.95 Å². The number of rotatable bonds is 4. The molecule has 2 aliphatic rings. The normalized spacial score (nSPS) is 19.0. The van der Waals surface area contributed by atoms with Crippen LogP contribution in [0.3, 0.4) is 0 Å². The number of benzene rings is 1. The second-order valence-corrected chi connectivity index (χ2v) is 7.03. The fraction of sp³-hybridized carbons (Fsp3) is 0.500. The van der Waals surface area contributed by atoms with Gasteiger partial charge in [0.25, 0.3) is 0 Å². The van der Waals surface area contributed by atoms with Crippen molar-refractivity contribution in [2.45, 2.75) is 38.1 Å². The van der Waals surface area contributed by atoms with Crippen LogP contribution in [-0.4, -0.2) is 42.2 Å². The van der Waals surface area contributed by atoms with Gasteiger partial charge in [-0.2, -0.15) is 0 Å². The molecule has 0 bridgehead atoms. The van der Waals surface area contributed by atoms with Gasteiger partial charge in [-0.05, 0) is 31.0 Å². The number of hydrogen-bond acceptors (Lipinski definition) is 5. The van der Waals surface area contributed by atoms with Crippen molar-refractivity contribution in [2.24, 2.45) is 0 Å². The van der Waals surface area contributed by atoms with Gasteiger partial charge in [-0.15, -0.1) is 0 Å². The van der Waals surface area contributed by atoms with E-state index in [0.717, 1.165) is 43.4 Å². The molecule has 0 spiro atoms. The predicted octanol–water partition coefficient (Wildman–Crippen LogP) is 3.30. The summed E-state index contributed by atoms with van der Waals surface area (Å²) < 4.78 is 0. The predicted molar refractivity (Wildman–Crippen MR) is 103 cm³/mol. The van der Waals surface area contributed by atoms with Crippen molar-refractivity contribution in [3.8, 4) is 11.3 Å². The van der Waals surface area contributed by atoms with Crippen LogP contribution in [0.15, 0.2) is 36.5 Å². The molecule has 0 radical (unpaired) electrons.